The molecule has 3 aliphatic carbocycles. The summed E-state index contributed by atoms with van der Waals surface area (Å²) in [4.78, 5) is 0. The Morgan fingerprint density at radius 2 is 1.78 bits per heavy atom. The van der Waals surface area contributed by atoms with E-state index in [0.29, 0.717) is 10.9 Å². The normalized spacial score (nSPS) is 32.8. The maximum absolute atomic E-state index is 6.04. The summed E-state index contributed by atoms with van der Waals surface area (Å²) in [7, 11) is 0. The Balaban J connectivity index is 1.65. The van der Waals surface area contributed by atoms with Gasteiger partial charge >= 0.3 is 0 Å². The first kappa shape index (κ1) is 10.5. The molecule has 1 aromatic heterocycles. The van der Waals surface area contributed by atoms with Crippen LogP contribution in [0.25, 0.3) is 11.5 Å². The van der Waals surface area contributed by atoms with E-state index in [-0.39, 0.29) is 11.0 Å². The molecular weight excluding hydrogens is 250 g/mol. The van der Waals surface area contributed by atoms with Crippen LogP contribution in [0.2, 0.25) is 5.02 Å². The van der Waals surface area contributed by atoms with Crippen LogP contribution in [0.15, 0.2) is 28.7 Å². The standard InChI is InChI=1S/C13H12ClN3O/c14-9-3-1-8(2-4-9)10-16-17-11(18-10)12-5-13(15,6-12)7-12/h1-4H,5-7,15H2. The van der Waals surface area contributed by atoms with E-state index in [9.17, 15) is 0 Å². The van der Waals surface area contributed by atoms with Crippen molar-refractivity contribution >= 4 is 11.6 Å². The first-order chi connectivity index (χ1) is 8.59. The molecule has 0 aliphatic heterocycles. The molecule has 92 valence electrons. The van der Waals surface area contributed by atoms with E-state index in [0.717, 1.165) is 30.7 Å². The summed E-state index contributed by atoms with van der Waals surface area (Å²) >= 11 is 5.85. The largest absolute Gasteiger partial charge is 0.420 e. The highest BCUT2D eigenvalue weighted by atomic mass is 35.5. The van der Waals surface area contributed by atoms with Gasteiger partial charge in [-0.25, -0.2) is 0 Å². The SMILES string of the molecule is NC12CC(c3nnc(-c4ccc(Cl)cc4)o3)(C1)C2. The predicted octanol–water partition coefficient (Wildman–Crippen LogP) is 2.52. The molecule has 0 saturated heterocycles. The lowest BCUT2D eigenvalue weighted by Crippen LogP contribution is -2.74. The Morgan fingerprint density at radius 3 is 2.39 bits per heavy atom. The maximum atomic E-state index is 6.04. The highest BCUT2D eigenvalue weighted by Crippen LogP contribution is 2.66. The third kappa shape index (κ3) is 1.30. The molecular formula is C13H12ClN3O. The first-order valence-corrected chi connectivity index (χ1v) is 6.35. The van der Waals surface area contributed by atoms with E-state index in [1.807, 2.05) is 24.3 Å². The zero-order valence-corrected chi connectivity index (χ0v) is 10.4. The van der Waals surface area contributed by atoms with Crippen LogP contribution in [0.3, 0.4) is 0 Å². The summed E-state index contributed by atoms with van der Waals surface area (Å²) in [5.74, 6) is 1.29. The molecule has 0 amide bonds. The van der Waals surface area contributed by atoms with Gasteiger partial charge in [-0.05, 0) is 43.5 Å². The van der Waals surface area contributed by atoms with Crippen LogP contribution in [0, 0.1) is 0 Å². The predicted molar refractivity (Wildman–Crippen MR) is 67.2 cm³/mol. The molecule has 0 atom stereocenters. The Bertz CT molecular complexity index is 600. The molecule has 4 nitrogen and oxygen atoms in total. The van der Waals surface area contributed by atoms with E-state index in [4.69, 9.17) is 21.8 Å². The summed E-state index contributed by atoms with van der Waals surface area (Å²) in [6, 6.07) is 7.39. The van der Waals surface area contributed by atoms with Crippen molar-refractivity contribution in [3.05, 3.63) is 35.2 Å². The van der Waals surface area contributed by atoms with Crippen molar-refractivity contribution in [2.75, 3.05) is 0 Å². The van der Waals surface area contributed by atoms with Gasteiger partial charge in [-0.15, -0.1) is 10.2 Å². The van der Waals surface area contributed by atoms with Crippen molar-refractivity contribution in [3.63, 3.8) is 0 Å². The molecule has 0 radical (unpaired) electrons. The minimum atomic E-state index is 0.0505. The van der Waals surface area contributed by atoms with Crippen LogP contribution < -0.4 is 5.73 Å². The number of nitrogens with two attached hydrogens (primary N) is 1. The molecule has 2 N–H and O–H groups in total. The molecule has 0 unspecified atom stereocenters. The van der Waals surface area contributed by atoms with E-state index >= 15 is 0 Å². The number of rotatable bonds is 2. The van der Waals surface area contributed by atoms with Crippen molar-refractivity contribution in [1.82, 2.24) is 10.2 Å². The summed E-state index contributed by atoms with van der Waals surface area (Å²) in [5.41, 5.74) is 7.06. The minimum Gasteiger partial charge on any atom is -0.420 e. The molecule has 3 fully saturated rings. The van der Waals surface area contributed by atoms with Crippen molar-refractivity contribution < 1.29 is 4.42 Å². The van der Waals surface area contributed by atoms with Gasteiger partial charge in [0.2, 0.25) is 11.8 Å². The molecule has 2 aromatic rings. The Labute approximate surface area is 109 Å². The van der Waals surface area contributed by atoms with Crippen LogP contribution in [0.4, 0.5) is 0 Å². The van der Waals surface area contributed by atoms with E-state index in [1.54, 1.807) is 0 Å². The van der Waals surface area contributed by atoms with Gasteiger partial charge in [0.1, 0.15) is 0 Å². The summed E-state index contributed by atoms with van der Waals surface area (Å²) in [6.07, 6.45) is 2.92. The van der Waals surface area contributed by atoms with Gasteiger partial charge in [-0.2, -0.15) is 0 Å². The van der Waals surface area contributed by atoms with Crippen molar-refractivity contribution in [2.45, 2.75) is 30.2 Å². The van der Waals surface area contributed by atoms with E-state index in [1.165, 1.54) is 0 Å². The Hall–Kier alpha value is -1.39. The summed E-state index contributed by atoms with van der Waals surface area (Å²) in [6.45, 7) is 0. The lowest BCUT2D eigenvalue weighted by Gasteiger charge is -2.66. The second kappa shape index (κ2) is 3.13. The van der Waals surface area contributed by atoms with Gasteiger partial charge in [-0.3, -0.25) is 0 Å². The lowest BCUT2D eigenvalue weighted by molar-refractivity contribution is -0.0764. The number of hydrogen-bond donors (Lipinski definition) is 1. The number of halogens is 1. The average Bonchev–Trinajstić information content (AvgIpc) is 2.74. The second-order valence-corrected chi connectivity index (χ2v) is 6.03. The lowest BCUT2D eigenvalue weighted by atomic mass is 9.40. The fraction of sp³-hybridized carbons (Fsp3) is 0.385. The third-order valence-corrected chi connectivity index (χ3v) is 4.29. The molecule has 3 aliphatic rings. The molecule has 0 spiro atoms. The molecule has 1 heterocycles. The number of benzene rings is 1. The van der Waals surface area contributed by atoms with Crippen LogP contribution in [0.1, 0.15) is 25.2 Å². The topological polar surface area (TPSA) is 64.9 Å². The van der Waals surface area contributed by atoms with Crippen molar-refractivity contribution in [2.24, 2.45) is 5.73 Å². The average molecular weight is 262 g/mol. The summed E-state index contributed by atoms with van der Waals surface area (Å²) in [5, 5.41) is 8.98. The molecule has 18 heavy (non-hydrogen) atoms. The molecule has 3 saturated carbocycles. The highest BCUT2D eigenvalue weighted by molar-refractivity contribution is 6.30. The number of aromatic nitrogens is 2. The Morgan fingerprint density at radius 1 is 1.11 bits per heavy atom. The van der Waals surface area contributed by atoms with E-state index in [2.05, 4.69) is 10.2 Å². The Kier molecular flexibility index (Phi) is 1.83. The fourth-order valence-corrected chi connectivity index (χ4v) is 3.37. The molecule has 2 bridgehead atoms. The monoisotopic (exact) mass is 261 g/mol. The third-order valence-electron chi connectivity index (χ3n) is 4.04. The molecule has 1 aromatic carbocycles. The van der Waals surface area contributed by atoms with Gasteiger partial charge < -0.3 is 10.2 Å². The van der Waals surface area contributed by atoms with Gasteiger partial charge in [0.05, 0.1) is 5.41 Å². The van der Waals surface area contributed by atoms with Crippen molar-refractivity contribution in [1.29, 1.82) is 0 Å². The quantitative estimate of drug-likeness (QED) is 0.902. The van der Waals surface area contributed by atoms with Gasteiger partial charge in [0.25, 0.3) is 0 Å². The van der Waals surface area contributed by atoms with E-state index < -0.39 is 0 Å². The molecule has 5 rings (SSSR count). The number of hydrogen-bond acceptors (Lipinski definition) is 4. The van der Waals surface area contributed by atoms with Gasteiger partial charge in [-0.1, -0.05) is 11.6 Å². The van der Waals surface area contributed by atoms with Crippen LogP contribution in [0.5, 0.6) is 0 Å². The van der Waals surface area contributed by atoms with Crippen LogP contribution in [-0.2, 0) is 5.41 Å². The highest BCUT2D eigenvalue weighted by Gasteiger charge is 2.69. The van der Waals surface area contributed by atoms with Crippen LogP contribution >= 0.6 is 11.6 Å². The zero-order chi connectivity index (χ0) is 12.4. The first-order valence-electron chi connectivity index (χ1n) is 5.98. The maximum Gasteiger partial charge on any atom is 0.247 e. The minimum absolute atomic E-state index is 0.0505. The second-order valence-electron chi connectivity index (χ2n) is 5.59. The fourth-order valence-electron chi connectivity index (χ4n) is 3.24. The molecule has 5 heteroatoms. The smallest absolute Gasteiger partial charge is 0.247 e. The summed E-state index contributed by atoms with van der Waals surface area (Å²) < 4.78 is 5.78. The zero-order valence-electron chi connectivity index (χ0n) is 9.69. The van der Waals surface area contributed by atoms with Gasteiger partial charge in [0.15, 0.2) is 0 Å². The number of nitrogens with zero attached hydrogens (tertiary/aromatic N) is 2. The van der Waals surface area contributed by atoms with Crippen molar-refractivity contribution in [3.8, 4) is 11.5 Å². The van der Waals surface area contributed by atoms with Crippen LogP contribution in [-0.4, -0.2) is 15.7 Å². The van der Waals surface area contributed by atoms with Gasteiger partial charge in [0, 0.05) is 16.1 Å².